The van der Waals surface area contributed by atoms with E-state index in [0.29, 0.717) is 51.7 Å². The Labute approximate surface area is 297 Å². The molecule has 0 spiro atoms. The van der Waals surface area contributed by atoms with E-state index in [9.17, 15) is 34.8 Å². The van der Waals surface area contributed by atoms with Crippen LogP contribution in [0.4, 0.5) is 0 Å². The van der Waals surface area contributed by atoms with Crippen LogP contribution in [0.5, 0.6) is 51.7 Å². The summed E-state index contributed by atoms with van der Waals surface area (Å²) in [5, 5.41) is 40.5. The number of hydrogen-bond donors (Lipinski definition) is 4. The van der Waals surface area contributed by atoms with Gasteiger partial charge in [-0.25, -0.2) is 9.59 Å². The number of aldehydes is 1. The Balaban J connectivity index is 0.000000201. The van der Waals surface area contributed by atoms with Gasteiger partial charge in [0.2, 0.25) is 0 Å². The van der Waals surface area contributed by atoms with Gasteiger partial charge in [0.15, 0.2) is 24.4 Å². The van der Waals surface area contributed by atoms with Gasteiger partial charge in [0, 0.05) is 34.4 Å². The van der Waals surface area contributed by atoms with Crippen molar-refractivity contribution < 1.29 is 68.0 Å². The Morgan fingerprint density at radius 3 is 2.06 bits per heavy atom. The topological polar surface area (TPSA) is 197 Å². The minimum atomic E-state index is -1.58. The molecule has 0 bridgehead atoms. The minimum absolute atomic E-state index is 0.0298. The number of fused-ring (bicyclic) bond motifs is 4. The minimum Gasteiger partial charge on any atom is -0.507 e. The number of carbonyl (C=O) groups excluding carboxylic acids is 2. The van der Waals surface area contributed by atoms with E-state index in [1.54, 1.807) is 39.5 Å². The summed E-state index contributed by atoms with van der Waals surface area (Å²) in [6.07, 6.45) is 2.24. The molecule has 52 heavy (non-hydrogen) atoms. The van der Waals surface area contributed by atoms with Crippen molar-refractivity contribution in [1.29, 1.82) is 0 Å². The first kappa shape index (κ1) is 36.9. The van der Waals surface area contributed by atoms with Crippen molar-refractivity contribution in [3.8, 4) is 51.7 Å². The first-order chi connectivity index (χ1) is 24.7. The van der Waals surface area contributed by atoms with Crippen molar-refractivity contribution in [2.45, 2.75) is 26.6 Å². The lowest BCUT2D eigenvalue weighted by Gasteiger charge is -2.39. The fourth-order valence-electron chi connectivity index (χ4n) is 5.83. The van der Waals surface area contributed by atoms with Gasteiger partial charge in [0.05, 0.1) is 34.0 Å². The van der Waals surface area contributed by atoms with E-state index in [4.69, 9.17) is 33.2 Å². The van der Waals surface area contributed by atoms with Crippen molar-refractivity contribution in [2.24, 2.45) is 0 Å². The molecule has 4 N–H and O–H groups in total. The van der Waals surface area contributed by atoms with Crippen LogP contribution in [0.2, 0.25) is 0 Å². The fourth-order valence-corrected chi connectivity index (χ4v) is 5.83. The number of carboxylic acids is 1. The van der Waals surface area contributed by atoms with E-state index < -0.39 is 29.2 Å². The average molecular weight is 717 g/mol. The maximum Gasteiger partial charge on any atom is 0.347 e. The van der Waals surface area contributed by atoms with E-state index in [-0.39, 0.29) is 45.9 Å². The standard InChI is InChI=1S/C19H18O8.C19H18O6/c1-8-5-13(26-4)11(7-20)17(22)14(8)19(25)27-12-6-9(2)16(21)15(10(12)3)18(23)24;1-21-12-5-4-11-6-14-13-8-17(22-2)18(23-3)9-16(13)24-10-19(14,20)25-15(11)7-12/h5-7,21-22H,1-4H3,(H,23,24);4-9,20H,10H2,1-3H3. The van der Waals surface area contributed by atoms with E-state index in [1.807, 2.05) is 18.2 Å². The van der Waals surface area contributed by atoms with Crippen molar-refractivity contribution >= 4 is 29.9 Å². The van der Waals surface area contributed by atoms with E-state index in [2.05, 4.69) is 0 Å². The lowest BCUT2D eigenvalue weighted by molar-refractivity contribution is -0.116. The fraction of sp³-hybridized carbons (Fsp3) is 0.237. The van der Waals surface area contributed by atoms with Gasteiger partial charge in [-0.2, -0.15) is 0 Å². The number of rotatable bonds is 8. The molecule has 4 aromatic carbocycles. The lowest BCUT2D eigenvalue weighted by Crippen LogP contribution is -2.47. The van der Waals surface area contributed by atoms with Gasteiger partial charge in [0.25, 0.3) is 5.79 Å². The normalized spacial score (nSPS) is 15.0. The molecule has 0 saturated heterocycles. The Morgan fingerprint density at radius 1 is 0.788 bits per heavy atom. The monoisotopic (exact) mass is 716 g/mol. The number of benzene rings is 4. The van der Waals surface area contributed by atoms with Crippen LogP contribution in [0.1, 0.15) is 58.9 Å². The summed E-state index contributed by atoms with van der Waals surface area (Å²) in [5.41, 5.74) is 1.86. The van der Waals surface area contributed by atoms with Crippen molar-refractivity contribution in [2.75, 3.05) is 35.0 Å². The van der Waals surface area contributed by atoms with E-state index in [1.165, 1.54) is 40.0 Å². The summed E-state index contributed by atoms with van der Waals surface area (Å²) >= 11 is 0. The van der Waals surface area contributed by atoms with Crippen LogP contribution in [-0.2, 0) is 0 Å². The molecule has 14 nitrogen and oxygen atoms in total. The van der Waals surface area contributed by atoms with Gasteiger partial charge in [0.1, 0.15) is 51.4 Å². The third-order valence-corrected chi connectivity index (χ3v) is 8.58. The van der Waals surface area contributed by atoms with Gasteiger partial charge >= 0.3 is 11.9 Å². The molecule has 0 aromatic heterocycles. The molecule has 14 heteroatoms. The van der Waals surface area contributed by atoms with Gasteiger partial charge < -0.3 is 53.6 Å². The molecular formula is C38H36O14. The number of aromatic hydroxyl groups is 2. The maximum atomic E-state index is 12.6. The number of aliphatic hydroxyl groups is 1. The van der Waals surface area contributed by atoms with Crippen molar-refractivity contribution in [3.05, 3.63) is 87.0 Å². The number of carbonyl (C=O) groups is 3. The Bertz CT molecular complexity index is 2130. The van der Waals surface area contributed by atoms with Gasteiger partial charge in [-0.05, 0) is 68.3 Å². The third-order valence-electron chi connectivity index (χ3n) is 8.58. The zero-order valence-corrected chi connectivity index (χ0v) is 29.3. The van der Waals surface area contributed by atoms with E-state index in [0.717, 1.165) is 5.56 Å². The number of carboxylic acid groups (broad SMARTS) is 1. The molecular weight excluding hydrogens is 680 g/mol. The smallest absolute Gasteiger partial charge is 0.347 e. The summed E-state index contributed by atoms with van der Waals surface area (Å²) in [7, 11) is 6.03. The van der Waals surface area contributed by atoms with Crippen molar-refractivity contribution in [3.63, 3.8) is 0 Å². The summed E-state index contributed by atoms with van der Waals surface area (Å²) < 4.78 is 37.8. The van der Waals surface area contributed by atoms with Gasteiger partial charge in [-0.3, -0.25) is 4.79 Å². The molecule has 6 rings (SSSR count). The quantitative estimate of drug-likeness (QED) is 0.101. The highest BCUT2D eigenvalue weighted by atomic mass is 16.7. The number of hydrogen-bond acceptors (Lipinski definition) is 13. The van der Waals surface area contributed by atoms with Gasteiger partial charge in [-0.1, -0.05) is 0 Å². The Hall–Kier alpha value is -6.41. The second kappa shape index (κ2) is 14.4. The highest BCUT2D eigenvalue weighted by Crippen LogP contribution is 2.49. The lowest BCUT2D eigenvalue weighted by atomic mass is 9.90. The Kier molecular flexibility index (Phi) is 10.2. The largest absolute Gasteiger partial charge is 0.507 e. The predicted molar refractivity (Wildman–Crippen MR) is 186 cm³/mol. The molecule has 0 aliphatic carbocycles. The molecule has 4 aromatic rings. The number of methoxy groups -OCH3 is 4. The molecule has 272 valence electrons. The van der Waals surface area contributed by atoms with Crippen LogP contribution < -0.4 is 33.2 Å². The molecule has 2 aliphatic heterocycles. The number of esters is 1. The van der Waals surface area contributed by atoms with Crippen LogP contribution in [0.15, 0.2) is 42.5 Å². The molecule has 2 heterocycles. The second-order valence-electron chi connectivity index (χ2n) is 11.7. The first-order valence-corrected chi connectivity index (χ1v) is 15.6. The summed E-state index contributed by atoms with van der Waals surface area (Å²) in [5.74, 6) is -2.04. The third kappa shape index (κ3) is 6.58. The highest BCUT2D eigenvalue weighted by molar-refractivity contribution is 6.01. The summed E-state index contributed by atoms with van der Waals surface area (Å²) in [6, 6.07) is 11.7. The SMILES string of the molecule is COc1cc(C)c(C(=O)Oc2cc(C)c(O)c(C(=O)O)c2C)c(O)c1C=O.COc1ccc2c(c1)OC1(O)COc3cc(OC)c(OC)cc3C1=C2. The molecule has 0 fully saturated rings. The molecule has 0 saturated carbocycles. The zero-order valence-electron chi connectivity index (χ0n) is 29.3. The molecule has 2 aliphatic rings. The number of phenolic OH excluding ortho intramolecular Hbond substituents is 1. The van der Waals surface area contributed by atoms with Gasteiger partial charge in [-0.15, -0.1) is 0 Å². The molecule has 0 radical (unpaired) electrons. The second-order valence-corrected chi connectivity index (χ2v) is 11.7. The first-order valence-electron chi connectivity index (χ1n) is 15.6. The molecule has 1 unspecified atom stereocenters. The van der Waals surface area contributed by atoms with Crippen LogP contribution in [0, 0.1) is 20.8 Å². The van der Waals surface area contributed by atoms with Crippen LogP contribution in [0.3, 0.4) is 0 Å². The zero-order chi connectivity index (χ0) is 38.1. The molecule has 0 amide bonds. The van der Waals surface area contributed by atoms with E-state index >= 15 is 0 Å². The highest BCUT2D eigenvalue weighted by Gasteiger charge is 2.44. The summed E-state index contributed by atoms with van der Waals surface area (Å²) in [6.45, 7) is 4.32. The number of aromatic carboxylic acids is 1. The van der Waals surface area contributed by atoms with Crippen LogP contribution in [-0.4, -0.2) is 79.5 Å². The average Bonchev–Trinajstić information content (AvgIpc) is 3.11. The van der Waals surface area contributed by atoms with Crippen molar-refractivity contribution in [1.82, 2.24) is 0 Å². The summed E-state index contributed by atoms with van der Waals surface area (Å²) in [4.78, 5) is 35.2. The van der Waals surface area contributed by atoms with Crippen LogP contribution in [0.25, 0.3) is 11.6 Å². The number of aryl methyl sites for hydroxylation is 2. The predicted octanol–water partition coefficient (Wildman–Crippen LogP) is 5.49. The number of ether oxygens (including phenoxy) is 7. The Morgan fingerprint density at radius 2 is 1.44 bits per heavy atom. The molecule has 1 atom stereocenters. The number of phenols is 2. The van der Waals surface area contributed by atoms with Crippen LogP contribution >= 0.6 is 0 Å². The maximum absolute atomic E-state index is 12.6.